The summed E-state index contributed by atoms with van der Waals surface area (Å²) in [6.45, 7) is 3.72. The summed E-state index contributed by atoms with van der Waals surface area (Å²) in [6, 6.07) is 13.0. The summed E-state index contributed by atoms with van der Waals surface area (Å²) in [5, 5.41) is 4.70. The van der Waals surface area contributed by atoms with Crippen molar-refractivity contribution in [3.63, 3.8) is 0 Å². The molecule has 1 amide bonds. The number of carbonyl (C=O) groups excluding carboxylic acids is 2. The van der Waals surface area contributed by atoms with Crippen molar-refractivity contribution in [2.45, 2.75) is 32.4 Å². The zero-order valence-corrected chi connectivity index (χ0v) is 13.5. The second kappa shape index (κ2) is 8.29. The quantitative estimate of drug-likeness (QED) is 0.769. The summed E-state index contributed by atoms with van der Waals surface area (Å²) in [7, 11) is 0. The van der Waals surface area contributed by atoms with E-state index in [1.165, 1.54) is 6.92 Å². The van der Waals surface area contributed by atoms with Crippen molar-refractivity contribution in [3.05, 3.63) is 60.1 Å². The van der Waals surface area contributed by atoms with Crippen molar-refractivity contribution < 1.29 is 19.3 Å². The highest BCUT2D eigenvalue weighted by atomic mass is 16.3. The van der Waals surface area contributed by atoms with Gasteiger partial charge < -0.3 is 15.1 Å². The zero-order valence-electron chi connectivity index (χ0n) is 13.5. The number of hydrogen-bond donors (Lipinski definition) is 2. The third-order valence-electron chi connectivity index (χ3n) is 3.76. The molecule has 0 fully saturated rings. The van der Waals surface area contributed by atoms with E-state index in [1.807, 2.05) is 54.7 Å². The Hall–Kier alpha value is -2.40. The molecule has 2 atom stereocenters. The van der Waals surface area contributed by atoms with Gasteiger partial charge in [0.1, 0.15) is 6.04 Å². The first kappa shape index (κ1) is 17.0. The van der Waals surface area contributed by atoms with Crippen LogP contribution in [0.25, 0.3) is 0 Å². The average molecular weight is 315 g/mol. The van der Waals surface area contributed by atoms with Crippen LogP contribution in [0.15, 0.2) is 53.1 Å². The number of nitrogens with one attached hydrogen (secondary N) is 1. The number of furan rings is 1. The molecule has 0 bridgehead atoms. The van der Waals surface area contributed by atoms with E-state index in [0.29, 0.717) is 6.42 Å². The van der Waals surface area contributed by atoms with Crippen LogP contribution in [0.5, 0.6) is 0 Å². The molecule has 1 heterocycles. The molecule has 5 nitrogen and oxygen atoms in total. The van der Waals surface area contributed by atoms with Gasteiger partial charge in [0.05, 0.1) is 12.3 Å². The van der Waals surface area contributed by atoms with Crippen molar-refractivity contribution >= 4 is 11.7 Å². The molecule has 2 rings (SSSR count). The second-order valence-electron chi connectivity index (χ2n) is 5.66. The van der Waals surface area contributed by atoms with Crippen molar-refractivity contribution in [3.8, 4) is 0 Å². The molecule has 1 aromatic heterocycles. The van der Waals surface area contributed by atoms with Crippen molar-refractivity contribution in [2.75, 3.05) is 6.54 Å². The van der Waals surface area contributed by atoms with Gasteiger partial charge in [-0.25, -0.2) is 0 Å². The number of nitrogens with two attached hydrogens (primary N) is 1. The smallest absolute Gasteiger partial charge is 0.275 e. The number of hydrogen-bond acceptors (Lipinski definition) is 3. The Balaban J connectivity index is 1.84. The van der Waals surface area contributed by atoms with Crippen LogP contribution in [0, 0.1) is 0 Å². The van der Waals surface area contributed by atoms with E-state index in [9.17, 15) is 9.59 Å². The van der Waals surface area contributed by atoms with Gasteiger partial charge in [-0.3, -0.25) is 9.59 Å². The van der Waals surface area contributed by atoms with E-state index in [2.05, 4.69) is 5.32 Å². The summed E-state index contributed by atoms with van der Waals surface area (Å²) >= 11 is 0. The average Bonchev–Trinajstić information content (AvgIpc) is 3.07. The highest BCUT2D eigenvalue weighted by Gasteiger charge is 2.20. The molecule has 1 aromatic carbocycles. The Morgan fingerprint density at radius 2 is 1.91 bits per heavy atom. The molecule has 0 saturated carbocycles. The topological polar surface area (TPSA) is 75.9 Å². The Bertz CT molecular complexity index is 623. The van der Waals surface area contributed by atoms with Gasteiger partial charge in [-0.1, -0.05) is 30.3 Å². The van der Waals surface area contributed by atoms with Crippen LogP contribution < -0.4 is 10.6 Å². The van der Waals surface area contributed by atoms with Crippen LogP contribution in [0.4, 0.5) is 0 Å². The fourth-order valence-corrected chi connectivity index (χ4v) is 2.35. The van der Waals surface area contributed by atoms with Gasteiger partial charge in [0.25, 0.3) is 5.91 Å². The summed E-state index contributed by atoms with van der Waals surface area (Å²) < 4.78 is 5.31. The van der Waals surface area contributed by atoms with Crippen molar-refractivity contribution in [1.82, 2.24) is 5.32 Å². The summed E-state index contributed by atoms with van der Waals surface area (Å²) in [4.78, 5) is 23.9. The highest BCUT2D eigenvalue weighted by Crippen LogP contribution is 2.07. The molecule has 0 radical (unpaired) electrons. The molecule has 0 unspecified atom stereocenters. The summed E-state index contributed by atoms with van der Waals surface area (Å²) in [6.07, 6.45) is 2.13. The molecule has 0 saturated heterocycles. The summed E-state index contributed by atoms with van der Waals surface area (Å²) in [5.41, 5.74) is 1.03. The van der Waals surface area contributed by atoms with Crippen molar-refractivity contribution in [2.24, 2.45) is 0 Å². The first-order valence-corrected chi connectivity index (χ1v) is 7.76. The molecular weight excluding hydrogens is 292 g/mol. The van der Waals surface area contributed by atoms with Gasteiger partial charge >= 0.3 is 0 Å². The number of quaternary nitrogens is 1. The molecule has 23 heavy (non-hydrogen) atoms. The van der Waals surface area contributed by atoms with Gasteiger partial charge in [0.2, 0.25) is 0 Å². The molecule has 5 heteroatoms. The number of amides is 1. The lowest BCUT2D eigenvalue weighted by Gasteiger charge is -2.16. The fraction of sp³-hybridized carbons (Fsp3) is 0.333. The predicted molar refractivity (Wildman–Crippen MR) is 86.7 cm³/mol. The molecular formula is C18H23N2O3+. The molecule has 3 N–H and O–H groups in total. The Kier molecular flexibility index (Phi) is 6.11. The van der Waals surface area contributed by atoms with Gasteiger partial charge in [0.15, 0.2) is 18.1 Å². The number of Topliss-reactive ketones (excluding diaryl/α,β-unsaturated/α-hetero) is 1. The Morgan fingerprint density at radius 1 is 1.17 bits per heavy atom. The van der Waals surface area contributed by atoms with E-state index in [-0.39, 0.29) is 24.3 Å². The fourth-order valence-electron chi connectivity index (χ4n) is 2.35. The predicted octanol–water partition coefficient (Wildman–Crippen LogP) is 1.22. The highest BCUT2D eigenvalue weighted by molar-refractivity contribution is 5.88. The lowest BCUT2D eigenvalue weighted by molar-refractivity contribution is -0.684. The Labute approximate surface area is 136 Å². The van der Waals surface area contributed by atoms with Gasteiger partial charge in [-0.2, -0.15) is 0 Å². The maximum atomic E-state index is 12.1. The van der Waals surface area contributed by atoms with E-state index in [4.69, 9.17) is 4.42 Å². The minimum absolute atomic E-state index is 0.0405. The van der Waals surface area contributed by atoms with E-state index in [1.54, 1.807) is 6.26 Å². The monoisotopic (exact) mass is 315 g/mol. The van der Waals surface area contributed by atoms with Crippen LogP contribution in [0.2, 0.25) is 0 Å². The lowest BCUT2D eigenvalue weighted by Crippen LogP contribution is -2.87. The molecule has 2 aromatic rings. The molecule has 0 aliphatic heterocycles. The van der Waals surface area contributed by atoms with Crippen LogP contribution in [-0.4, -0.2) is 24.3 Å². The van der Waals surface area contributed by atoms with Crippen molar-refractivity contribution in [1.29, 1.82) is 0 Å². The van der Waals surface area contributed by atoms with Gasteiger partial charge in [0, 0.05) is 0 Å². The minimum atomic E-state index is -0.489. The molecule has 0 aliphatic rings. The number of ketones is 1. The minimum Gasteiger partial charge on any atom is -0.463 e. The number of carbonyl (C=O) groups is 2. The largest absolute Gasteiger partial charge is 0.463 e. The molecule has 0 aliphatic carbocycles. The number of benzene rings is 1. The third kappa shape index (κ3) is 5.38. The Morgan fingerprint density at radius 3 is 2.52 bits per heavy atom. The van der Waals surface area contributed by atoms with Crippen LogP contribution in [0.1, 0.15) is 31.2 Å². The normalized spacial score (nSPS) is 13.3. The third-order valence-corrected chi connectivity index (χ3v) is 3.76. The van der Waals surface area contributed by atoms with Crippen LogP contribution in [0.3, 0.4) is 0 Å². The SMILES string of the molecule is CC(=O)[C@@H](Cc1ccccc1)NC(=O)C[NH2+][C@@H](C)c1ccco1. The zero-order chi connectivity index (χ0) is 16.7. The van der Waals surface area contributed by atoms with E-state index >= 15 is 0 Å². The first-order valence-electron chi connectivity index (χ1n) is 7.76. The molecule has 122 valence electrons. The standard InChI is InChI=1S/C18H22N2O3/c1-13(17-9-6-10-23-17)19-12-18(22)20-16(14(2)21)11-15-7-4-3-5-8-15/h3-10,13,16,19H,11-12H2,1-2H3,(H,20,22)/p+1/t13-,16+/m0/s1. The molecule has 0 spiro atoms. The maximum Gasteiger partial charge on any atom is 0.275 e. The van der Waals surface area contributed by atoms with Gasteiger partial charge in [-0.05, 0) is 38.0 Å². The van der Waals surface area contributed by atoms with Crippen LogP contribution >= 0.6 is 0 Å². The maximum absolute atomic E-state index is 12.1. The summed E-state index contributed by atoms with van der Waals surface area (Å²) in [5.74, 6) is 0.631. The second-order valence-corrected chi connectivity index (χ2v) is 5.66. The van der Waals surface area contributed by atoms with E-state index in [0.717, 1.165) is 11.3 Å². The van der Waals surface area contributed by atoms with Gasteiger partial charge in [-0.15, -0.1) is 0 Å². The van der Waals surface area contributed by atoms with E-state index < -0.39 is 6.04 Å². The number of rotatable bonds is 8. The first-order chi connectivity index (χ1) is 11.1. The van der Waals surface area contributed by atoms with Crippen LogP contribution in [-0.2, 0) is 16.0 Å². The lowest BCUT2D eigenvalue weighted by atomic mass is 10.0.